The molecule has 0 bridgehead atoms. The van der Waals surface area contributed by atoms with E-state index in [-0.39, 0.29) is 17.4 Å². The number of carbonyl (C=O) groups is 1. The van der Waals surface area contributed by atoms with Crippen molar-refractivity contribution in [2.24, 2.45) is 5.92 Å². The number of thioether (sulfide) groups is 1. The van der Waals surface area contributed by atoms with Crippen molar-refractivity contribution in [3.8, 4) is 0 Å². The highest BCUT2D eigenvalue weighted by atomic mass is 32.2. The molecular weight excluding hydrogens is 230 g/mol. The van der Waals surface area contributed by atoms with Gasteiger partial charge in [-0.05, 0) is 44.6 Å². The van der Waals surface area contributed by atoms with Gasteiger partial charge in [-0.3, -0.25) is 4.79 Å². The van der Waals surface area contributed by atoms with E-state index in [0.29, 0.717) is 0 Å². The molecule has 1 rings (SSSR count). The molecule has 0 saturated heterocycles. The molecule has 0 saturated carbocycles. The summed E-state index contributed by atoms with van der Waals surface area (Å²) in [5.41, 5.74) is 0.754. The van der Waals surface area contributed by atoms with E-state index in [1.165, 1.54) is 0 Å². The van der Waals surface area contributed by atoms with Crippen LogP contribution in [0.25, 0.3) is 0 Å². The van der Waals surface area contributed by atoms with Gasteiger partial charge in [0.25, 0.3) is 0 Å². The summed E-state index contributed by atoms with van der Waals surface area (Å²) in [6.07, 6.45) is 9.92. The summed E-state index contributed by atoms with van der Waals surface area (Å²) in [6.45, 7) is 8.11. The van der Waals surface area contributed by atoms with Crippen LogP contribution in [0, 0.1) is 5.92 Å². The molecule has 0 N–H and O–H groups in total. The van der Waals surface area contributed by atoms with Crippen LogP contribution >= 0.6 is 11.8 Å². The molecule has 17 heavy (non-hydrogen) atoms. The van der Waals surface area contributed by atoms with Crippen LogP contribution in [0.3, 0.4) is 0 Å². The number of hydrogen-bond donors (Lipinski definition) is 0. The standard InChI is InChI=1S/C14H21NOS/c1-11-7-6-8-12(9-10-17-5)15(13(11)16)14(2,3)4/h6-11H,1-5H3/b10-9-. The van der Waals surface area contributed by atoms with Crippen LogP contribution in [0.4, 0.5) is 0 Å². The van der Waals surface area contributed by atoms with Gasteiger partial charge < -0.3 is 4.90 Å². The molecule has 1 aliphatic rings. The molecule has 0 radical (unpaired) electrons. The Kier molecular flexibility index (Phi) is 4.63. The van der Waals surface area contributed by atoms with E-state index in [1.807, 2.05) is 47.8 Å². The molecule has 0 fully saturated rings. The van der Waals surface area contributed by atoms with Crippen molar-refractivity contribution in [2.75, 3.05) is 6.26 Å². The highest BCUT2D eigenvalue weighted by Gasteiger charge is 2.31. The van der Waals surface area contributed by atoms with Gasteiger partial charge in [0.1, 0.15) is 0 Å². The van der Waals surface area contributed by atoms with Crippen molar-refractivity contribution in [3.63, 3.8) is 0 Å². The van der Waals surface area contributed by atoms with Gasteiger partial charge in [0, 0.05) is 11.2 Å². The van der Waals surface area contributed by atoms with Crippen LogP contribution < -0.4 is 0 Å². The van der Waals surface area contributed by atoms with Crippen molar-refractivity contribution >= 4 is 17.7 Å². The molecule has 1 aliphatic heterocycles. The highest BCUT2D eigenvalue weighted by Crippen LogP contribution is 2.26. The zero-order chi connectivity index (χ0) is 13.1. The maximum absolute atomic E-state index is 12.4. The van der Waals surface area contributed by atoms with E-state index in [2.05, 4.69) is 20.8 Å². The number of carbonyl (C=O) groups excluding carboxylic acids is 1. The van der Waals surface area contributed by atoms with Gasteiger partial charge in [-0.2, -0.15) is 0 Å². The molecule has 1 atom stereocenters. The summed E-state index contributed by atoms with van der Waals surface area (Å²) in [6, 6.07) is 0. The molecule has 0 aromatic rings. The first-order valence-electron chi connectivity index (χ1n) is 5.80. The second-order valence-electron chi connectivity index (χ2n) is 5.15. The van der Waals surface area contributed by atoms with Crippen molar-refractivity contribution in [1.29, 1.82) is 0 Å². The molecule has 1 heterocycles. The third-order valence-electron chi connectivity index (χ3n) is 2.58. The zero-order valence-electron chi connectivity index (χ0n) is 11.2. The fourth-order valence-corrected chi connectivity index (χ4v) is 2.07. The number of rotatable bonds is 2. The molecule has 0 aromatic heterocycles. The molecule has 3 heteroatoms. The van der Waals surface area contributed by atoms with Crippen molar-refractivity contribution in [2.45, 2.75) is 33.2 Å². The Morgan fingerprint density at radius 1 is 1.41 bits per heavy atom. The fraction of sp³-hybridized carbons (Fsp3) is 0.500. The Balaban J connectivity index is 3.14. The SMILES string of the molecule is CS/C=C\C1=CC=CC(C)C(=O)N1C(C)(C)C. The Bertz CT molecular complexity index is 374. The van der Waals surface area contributed by atoms with E-state index < -0.39 is 0 Å². The lowest BCUT2D eigenvalue weighted by molar-refractivity contribution is -0.135. The van der Waals surface area contributed by atoms with Gasteiger partial charge in [0.05, 0.1) is 5.92 Å². The fourth-order valence-electron chi connectivity index (χ4n) is 1.79. The van der Waals surface area contributed by atoms with Crippen LogP contribution in [0.2, 0.25) is 0 Å². The molecular formula is C14H21NOS. The summed E-state index contributed by atoms with van der Waals surface area (Å²) >= 11 is 1.63. The van der Waals surface area contributed by atoms with Crippen molar-refractivity contribution in [3.05, 3.63) is 35.4 Å². The van der Waals surface area contributed by atoms with E-state index in [4.69, 9.17) is 0 Å². The molecule has 1 amide bonds. The third kappa shape index (κ3) is 3.50. The summed E-state index contributed by atoms with van der Waals surface area (Å²) < 4.78 is 0. The molecule has 0 aromatic carbocycles. The predicted octanol–water partition coefficient (Wildman–Crippen LogP) is 3.58. The first kappa shape index (κ1) is 14.1. The third-order valence-corrected chi connectivity index (χ3v) is 2.99. The minimum atomic E-state index is -0.202. The maximum Gasteiger partial charge on any atom is 0.234 e. The lowest BCUT2D eigenvalue weighted by atomic mass is 10.0. The van der Waals surface area contributed by atoms with Gasteiger partial charge in [0.2, 0.25) is 5.91 Å². The first-order chi connectivity index (χ1) is 7.88. The van der Waals surface area contributed by atoms with Gasteiger partial charge in [-0.15, -0.1) is 11.8 Å². The normalized spacial score (nSPS) is 21.9. The minimum absolute atomic E-state index is 0.0642. The van der Waals surface area contributed by atoms with Gasteiger partial charge in [-0.1, -0.05) is 19.1 Å². The largest absolute Gasteiger partial charge is 0.307 e. The molecule has 1 unspecified atom stereocenters. The van der Waals surface area contributed by atoms with E-state index in [9.17, 15) is 4.79 Å². The Morgan fingerprint density at radius 3 is 2.59 bits per heavy atom. The summed E-state index contributed by atoms with van der Waals surface area (Å²) in [5.74, 6) is 0.0916. The lowest BCUT2D eigenvalue weighted by Gasteiger charge is -2.37. The summed E-state index contributed by atoms with van der Waals surface area (Å²) in [7, 11) is 0. The predicted molar refractivity (Wildman–Crippen MR) is 75.6 cm³/mol. The van der Waals surface area contributed by atoms with Crippen LogP contribution in [0.5, 0.6) is 0 Å². The number of amides is 1. The van der Waals surface area contributed by atoms with E-state index >= 15 is 0 Å². The summed E-state index contributed by atoms with van der Waals surface area (Å²) in [4.78, 5) is 14.2. The minimum Gasteiger partial charge on any atom is -0.307 e. The van der Waals surface area contributed by atoms with Crippen molar-refractivity contribution < 1.29 is 4.79 Å². The number of allylic oxidation sites excluding steroid dienone is 3. The molecule has 0 aliphatic carbocycles. The molecule has 94 valence electrons. The first-order valence-corrected chi connectivity index (χ1v) is 7.08. The van der Waals surface area contributed by atoms with Gasteiger partial charge in [0.15, 0.2) is 0 Å². The lowest BCUT2D eigenvalue weighted by Crippen LogP contribution is -2.46. The molecule has 2 nitrogen and oxygen atoms in total. The van der Waals surface area contributed by atoms with Crippen LogP contribution in [-0.2, 0) is 4.79 Å². The van der Waals surface area contributed by atoms with Gasteiger partial charge >= 0.3 is 0 Å². The Hall–Kier alpha value is -0.960. The zero-order valence-corrected chi connectivity index (χ0v) is 12.0. The number of nitrogens with zero attached hydrogens (tertiary/aromatic N) is 1. The van der Waals surface area contributed by atoms with Crippen molar-refractivity contribution in [1.82, 2.24) is 4.90 Å². The quantitative estimate of drug-likeness (QED) is 0.747. The Morgan fingerprint density at radius 2 is 2.06 bits per heavy atom. The topological polar surface area (TPSA) is 20.3 Å². The second kappa shape index (κ2) is 5.58. The smallest absolute Gasteiger partial charge is 0.234 e. The summed E-state index contributed by atoms with van der Waals surface area (Å²) in [5, 5.41) is 2.00. The van der Waals surface area contributed by atoms with E-state index in [1.54, 1.807) is 11.8 Å². The molecule has 0 spiro atoms. The van der Waals surface area contributed by atoms with Crippen LogP contribution in [0.15, 0.2) is 35.4 Å². The van der Waals surface area contributed by atoms with E-state index in [0.717, 1.165) is 5.70 Å². The number of hydrogen-bond acceptors (Lipinski definition) is 2. The van der Waals surface area contributed by atoms with Gasteiger partial charge in [-0.25, -0.2) is 0 Å². The van der Waals surface area contributed by atoms with Crippen LogP contribution in [0.1, 0.15) is 27.7 Å². The highest BCUT2D eigenvalue weighted by molar-refractivity contribution is 8.01. The van der Waals surface area contributed by atoms with Crippen LogP contribution in [-0.4, -0.2) is 22.6 Å². The maximum atomic E-state index is 12.4. The Labute approximate surface area is 108 Å². The average Bonchev–Trinajstić information content (AvgIpc) is 2.35. The second-order valence-corrected chi connectivity index (χ2v) is 5.89. The average molecular weight is 251 g/mol. The monoisotopic (exact) mass is 251 g/mol.